The molecule has 2 aromatic carbocycles. The second kappa shape index (κ2) is 9.15. The van der Waals surface area contributed by atoms with Gasteiger partial charge in [-0.3, -0.25) is 9.78 Å². The first kappa shape index (κ1) is 22.1. The number of nitrogens with zero attached hydrogens (tertiary/aromatic N) is 1. The zero-order valence-corrected chi connectivity index (χ0v) is 19.2. The molecule has 0 bridgehead atoms. The Morgan fingerprint density at radius 1 is 0.906 bits per heavy atom. The standard InChI is InChI=1S/C28H32N2O2/c1-27(2)15-17-28(18-16-27,22-9-7-21(8-10-22)26(31)29-3)23-11-13-25(14-12-23)32-20-24-6-4-5-19-30-24/h4-14,19H,15-18,20H2,1-3H3,(H,29,31). The fourth-order valence-electron chi connectivity index (χ4n) is 4.69. The van der Waals surface area contributed by atoms with Crippen LogP contribution in [0.4, 0.5) is 0 Å². The van der Waals surface area contributed by atoms with Crippen LogP contribution in [0.1, 0.15) is 66.7 Å². The molecule has 1 N–H and O–H groups in total. The minimum absolute atomic E-state index is 0.0454. The molecule has 1 amide bonds. The third-order valence-electron chi connectivity index (χ3n) is 6.90. The minimum Gasteiger partial charge on any atom is -0.487 e. The number of pyridine rings is 1. The average Bonchev–Trinajstić information content (AvgIpc) is 2.84. The van der Waals surface area contributed by atoms with E-state index in [1.165, 1.54) is 24.0 Å². The lowest BCUT2D eigenvalue weighted by Crippen LogP contribution is -2.36. The van der Waals surface area contributed by atoms with Crippen molar-refractivity contribution in [1.82, 2.24) is 10.3 Å². The maximum atomic E-state index is 12.0. The van der Waals surface area contributed by atoms with Gasteiger partial charge in [-0.1, -0.05) is 44.2 Å². The Bertz CT molecular complexity index is 1030. The highest BCUT2D eigenvalue weighted by Crippen LogP contribution is 2.50. The Kier molecular flexibility index (Phi) is 6.31. The van der Waals surface area contributed by atoms with Gasteiger partial charge < -0.3 is 10.1 Å². The maximum Gasteiger partial charge on any atom is 0.251 e. The molecule has 0 spiro atoms. The molecule has 166 valence electrons. The van der Waals surface area contributed by atoms with E-state index in [0.29, 0.717) is 17.6 Å². The van der Waals surface area contributed by atoms with Crippen molar-refractivity contribution >= 4 is 5.91 Å². The van der Waals surface area contributed by atoms with Gasteiger partial charge in [0.25, 0.3) is 5.91 Å². The van der Waals surface area contributed by atoms with Crippen molar-refractivity contribution in [3.05, 3.63) is 95.3 Å². The molecule has 4 nitrogen and oxygen atoms in total. The fraction of sp³-hybridized carbons (Fsp3) is 0.357. The van der Waals surface area contributed by atoms with E-state index >= 15 is 0 Å². The summed E-state index contributed by atoms with van der Waals surface area (Å²) in [6.07, 6.45) is 6.30. The van der Waals surface area contributed by atoms with Gasteiger partial charge in [0.05, 0.1) is 5.69 Å². The molecule has 32 heavy (non-hydrogen) atoms. The normalized spacial score (nSPS) is 16.8. The molecule has 1 heterocycles. The Morgan fingerprint density at radius 3 is 2.09 bits per heavy atom. The summed E-state index contributed by atoms with van der Waals surface area (Å²) in [4.78, 5) is 16.3. The Hall–Kier alpha value is -3.14. The van der Waals surface area contributed by atoms with Gasteiger partial charge in [0.1, 0.15) is 12.4 Å². The SMILES string of the molecule is CNC(=O)c1ccc(C2(c3ccc(OCc4ccccn4)cc3)CCC(C)(C)CC2)cc1. The maximum absolute atomic E-state index is 12.0. The molecule has 1 aromatic heterocycles. The summed E-state index contributed by atoms with van der Waals surface area (Å²) in [5.74, 6) is 0.797. The van der Waals surface area contributed by atoms with Crippen molar-refractivity contribution in [3.8, 4) is 5.75 Å². The van der Waals surface area contributed by atoms with Crippen molar-refractivity contribution in [2.75, 3.05) is 7.05 Å². The first-order chi connectivity index (χ1) is 15.4. The second-order valence-electron chi connectivity index (χ2n) is 9.54. The molecule has 0 unspecified atom stereocenters. The van der Waals surface area contributed by atoms with E-state index in [2.05, 4.69) is 60.5 Å². The third-order valence-corrected chi connectivity index (χ3v) is 6.90. The number of amides is 1. The molecule has 1 aliphatic rings. The molecule has 0 radical (unpaired) electrons. The number of rotatable bonds is 6. The lowest BCUT2D eigenvalue weighted by atomic mass is 9.59. The van der Waals surface area contributed by atoms with Crippen LogP contribution in [0.25, 0.3) is 0 Å². The molecule has 1 aliphatic carbocycles. The van der Waals surface area contributed by atoms with Gasteiger partial charge in [-0.2, -0.15) is 0 Å². The number of ether oxygens (including phenoxy) is 1. The van der Waals surface area contributed by atoms with Gasteiger partial charge >= 0.3 is 0 Å². The second-order valence-corrected chi connectivity index (χ2v) is 9.54. The fourth-order valence-corrected chi connectivity index (χ4v) is 4.69. The Labute approximate surface area is 191 Å². The molecular weight excluding hydrogens is 396 g/mol. The third kappa shape index (κ3) is 4.69. The van der Waals surface area contributed by atoms with Gasteiger partial charge in [-0.15, -0.1) is 0 Å². The number of nitrogens with one attached hydrogen (secondary N) is 1. The van der Waals surface area contributed by atoms with Crippen LogP contribution in [0, 0.1) is 5.41 Å². The van der Waals surface area contributed by atoms with Gasteiger partial charge in [-0.05, 0) is 78.6 Å². The van der Waals surface area contributed by atoms with Gasteiger partial charge in [0.2, 0.25) is 0 Å². The summed E-state index contributed by atoms with van der Waals surface area (Å²) in [5, 5.41) is 2.70. The first-order valence-corrected chi connectivity index (χ1v) is 11.4. The number of benzene rings is 2. The highest BCUT2D eigenvalue weighted by atomic mass is 16.5. The van der Waals surface area contributed by atoms with Gasteiger partial charge in [0.15, 0.2) is 0 Å². The number of hydrogen-bond donors (Lipinski definition) is 1. The topological polar surface area (TPSA) is 51.2 Å². The average molecular weight is 429 g/mol. The van der Waals surface area contributed by atoms with Gasteiger partial charge in [0, 0.05) is 24.2 Å². The zero-order valence-electron chi connectivity index (χ0n) is 19.2. The molecule has 4 heteroatoms. The van der Waals surface area contributed by atoms with Crippen molar-refractivity contribution in [3.63, 3.8) is 0 Å². The number of hydrogen-bond acceptors (Lipinski definition) is 3. The van der Waals surface area contributed by atoms with E-state index in [-0.39, 0.29) is 11.3 Å². The molecule has 1 fully saturated rings. The lowest BCUT2D eigenvalue weighted by Gasteiger charge is -2.44. The first-order valence-electron chi connectivity index (χ1n) is 11.4. The number of carbonyl (C=O) groups excluding carboxylic acids is 1. The van der Waals surface area contributed by atoms with E-state index in [1.54, 1.807) is 13.2 Å². The van der Waals surface area contributed by atoms with Crippen molar-refractivity contribution in [1.29, 1.82) is 0 Å². The van der Waals surface area contributed by atoms with Crippen LogP contribution in [0.3, 0.4) is 0 Å². The van der Waals surface area contributed by atoms with Crippen LogP contribution in [-0.4, -0.2) is 17.9 Å². The summed E-state index contributed by atoms with van der Waals surface area (Å²) >= 11 is 0. The van der Waals surface area contributed by atoms with E-state index in [9.17, 15) is 4.79 Å². The van der Waals surface area contributed by atoms with E-state index in [1.807, 2.05) is 30.3 Å². The van der Waals surface area contributed by atoms with E-state index in [4.69, 9.17) is 4.74 Å². The minimum atomic E-state index is -0.0511. The molecule has 0 saturated heterocycles. The van der Waals surface area contributed by atoms with Crippen LogP contribution in [-0.2, 0) is 12.0 Å². The molecule has 4 rings (SSSR count). The predicted octanol–water partition coefficient (Wildman–Crippen LogP) is 5.91. The van der Waals surface area contributed by atoms with Crippen molar-refractivity contribution in [2.24, 2.45) is 5.41 Å². The largest absolute Gasteiger partial charge is 0.487 e. The molecular formula is C28H32N2O2. The summed E-state index contributed by atoms with van der Waals surface area (Å²) in [5.41, 5.74) is 4.52. The monoisotopic (exact) mass is 428 g/mol. The summed E-state index contributed by atoms with van der Waals surface area (Å²) in [6, 6.07) is 22.6. The quantitative estimate of drug-likeness (QED) is 0.531. The molecule has 1 saturated carbocycles. The van der Waals surface area contributed by atoms with Crippen molar-refractivity contribution in [2.45, 2.75) is 51.6 Å². The lowest BCUT2D eigenvalue weighted by molar-refractivity contribution is 0.0963. The Balaban J connectivity index is 1.60. The van der Waals surface area contributed by atoms with Gasteiger partial charge in [-0.25, -0.2) is 0 Å². The summed E-state index contributed by atoms with van der Waals surface area (Å²) < 4.78 is 5.95. The van der Waals surface area contributed by atoms with Crippen LogP contribution in [0.2, 0.25) is 0 Å². The molecule has 0 aliphatic heterocycles. The molecule has 0 atom stereocenters. The predicted molar refractivity (Wildman–Crippen MR) is 128 cm³/mol. The molecule has 3 aromatic rings. The van der Waals surface area contributed by atoms with E-state index in [0.717, 1.165) is 24.3 Å². The highest BCUT2D eigenvalue weighted by Gasteiger charge is 2.40. The van der Waals surface area contributed by atoms with Crippen LogP contribution >= 0.6 is 0 Å². The van der Waals surface area contributed by atoms with Crippen LogP contribution < -0.4 is 10.1 Å². The van der Waals surface area contributed by atoms with Crippen LogP contribution in [0.5, 0.6) is 5.75 Å². The van der Waals surface area contributed by atoms with E-state index < -0.39 is 0 Å². The summed E-state index contributed by atoms with van der Waals surface area (Å²) in [7, 11) is 1.67. The van der Waals surface area contributed by atoms with Crippen molar-refractivity contribution < 1.29 is 9.53 Å². The number of carbonyl (C=O) groups is 1. The highest BCUT2D eigenvalue weighted by molar-refractivity contribution is 5.94. The zero-order chi connectivity index (χ0) is 22.6. The number of aromatic nitrogens is 1. The Morgan fingerprint density at radius 2 is 1.53 bits per heavy atom. The summed E-state index contributed by atoms with van der Waals surface area (Å²) in [6.45, 7) is 5.18. The smallest absolute Gasteiger partial charge is 0.251 e. The van der Waals surface area contributed by atoms with Crippen LogP contribution in [0.15, 0.2) is 72.9 Å².